The minimum absolute atomic E-state index is 0.00281. The van der Waals surface area contributed by atoms with Crippen molar-refractivity contribution in [3.8, 4) is 0 Å². The smallest absolute Gasteiger partial charge is 0.241 e. The summed E-state index contributed by atoms with van der Waals surface area (Å²) in [5.41, 5.74) is 4.94. The molecule has 0 aromatic heterocycles. The number of nitrogens with two attached hydrogens (primary N) is 1. The molecule has 4 N–H and O–H groups in total. The van der Waals surface area contributed by atoms with Gasteiger partial charge in [0.1, 0.15) is 5.54 Å². The molecule has 5 aliphatic carbocycles. The fourth-order valence-corrected chi connectivity index (χ4v) is 8.60. The Balaban J connectivity index is 1.34. The largest absolute Gasteiger partial charge is 0.369 e. The van der Waals surface area contributed by atoms with Crippen LogP contribution in [0.1, 0.15) is 56.9 Å². The van der Waals surface area contributed by atoms with Crippen molar-refractivity contribution >= 4 is 21.8 Å². The molecule has 0 spiro atoms. The number of nitrogens with one attached hydrogen (secondary N) is 2. The van der Waals surface area contributed by atoms with E-state index in [-0.39, 0.29) is 34.6 Å². The second-order valence-electron chi connectivity index (χ2n) is 10.4. The number of hydrogen-bond donors (Lipinski definition) is 3. The summed E-state index contributed by atoms with van der Waals surface area (Å²) in [7, 11) is -3.81. The summed E-state index contributed by atoms with van der Waals surface area (Å²) in [6, 6.07) is 6.81. The van der Waals surface area contributed by atoms with Crippen LogP contribution in [0.5, 0.6) is 0 Å². The molecule has 4 bridgehead atoms. The number of sulfonamides is 1. The molecule has 0 saturated heterocycles. The minimum atomic E-state index is -3.81. The van der Waals surface area contributed by atoms with Crippen LogP contribution < -0.4 is 15.8 Å². The molecule has 2 amide bonds. The molecular weight excluding hydrogens is 414 g/mol. The maximum absolute atomic E-state index is 13.4. The van der Waals surface area contributed by atoms with Gasteiger partial charge in [-0.2, -0.15) is 4.72 Å². The zero-order valence-corrected chi connectivity index (χ0v) is 18.7. The van der Waals surface area contributed by atoms with Gasteiger partial charge in [-0.05, 0) is 87.7 Å². The molecule has 5 aliphatic rings. The summed E-state index contributed by atoms with van der Waals surface area (Å²) in [6.07, 6.45) is 6.20. The van der Waals surface area contributed by atoms with Gasteiger partial charge in [0.05, 0.1) is 4.90 Å². The number of aryl methyl sites for hydroxylation is 1. The van der Waals surface area contributed by atoms with Crippen molar-refractivity contribution in [3.63, 3.8) is 0 Å². The van der Waals surface area contributed by atoms with Crippen molar-refractivity contribution in [1.29, 1.82) is 0 Å². The molecule has 7 nitrogen and oxygen atoms in total. The van der Waals surface area contributed by atoms with E-state index in [0.717, 1.165) is 38.5 Å². The number of benzene rings is 1. The first-order valence-electron chi connectivity index (χ1n) is 11.3. The Labute approximate surface area is 183 Å². The molecule has 1 aromatic carbocycles. The van der Waals surface area contributed by atoms with E-state index >= 15 is 0 Å². The van der Waals surface area contributed by atoms with E-state index in [9.17, 15) is 18.0 Å². The summed E-state index contributed by atoms with van der Waals surface area (Å²) >= 11 is 0. The number of primary amides is 1. The van der Waals surface area contributed by atoms with Gasteiger partial charge in [-0.1, -0.05) is 18.2 Å². The first-order chi connectivity index (χ1) is 14.6. The van der Waals surface area contributed by atoms with E-state index in [1.54, 1.807) is 31.2 Å². The van der Waals surface area contributed by atoms with Crippen LogP contribution in [0.4, 0.5) is 0 Å². The van der Waals surface area contributed by atoms with Gasteiger partial charge in [-0.25, -0.2) is 8.42 Å². The molecule has 5 saturated carbocycles. The van der Waals surface area contributed by atoms with Gasteiger partial charge >= 0.3 is 0 Å². The summed E-state index contributed by atoms with van der Waals surface area (Å²) in [6.45, 7) is 1.76. The number of hydrogen-bond acceptors (Lipinski definition) is 4. The first kappa shape index (κ1) is 20.9. The molecule has 5 fully saturated rings. The lowest BCUT2D eigenvalue weighted by Crippen LogP contribution is -2.68. The van der Waals surface area contributed by atoms with Crippen LogP contribution in [-0.4, -0.2) is 31.8 Å². The Hall–Kier alpha value is -1.93. The second kappa shape index (κ2) is 7.04. The lowest BCUT2D eigenvalue weighted by atomic mass is 9.47. The molecule has 2 atom stereocenters. The summed E-state index contributed by atoms with van der Waals surface area (Å²) in [5.74, 6) is 0.579. The normalized spacial score (nSPS) is 35.4. The number of amides is 2. The number of rotatable bonds is 6. The third-order valence-corrected chi connectivity index (χ3v) is 10.1. The van der Waals surface area contributed by atoms with Crippen LogP contribution in [0.2, 0.25) is 0 Å². The zero-order valence-electron chi connectivity index (χ0n) is 17.9. The molecule has 168 valence electrons. The van der Waals surface area contributed by atoms with Crippen molar-refractivity contribution in [1.82, 2.24) is 10.0 Å². The fourth-order valence-electron chi connectivity index (χ4n) is 6.93. The molecule has 0 radical (unpaired) electrons. The Morgan fingerprint density at radius 1 is 1.06 bits per heavy atom. The van der Waals surface area contributed by atoms with Gasteiger partial charge in [0, 0.05) is 11.5 Å². The third kappa shape index (κ3) is 3.30. The molecule has 31 heavy (non-hydrogen) atoms. The first-order valence-corrected chi connectivity index (χ1v) is 12.8. The monoisotopic (exact) mass is 445 g/mol. The van der Waals surface area contributed by atoms with E-state index in [1.165, 1.54) is 0 Å². The van der Waals surface area contributed by atoms with Crippen LogP contribution in [-0.2, 0) is 19.6 Å². The number of carbonyl (C=O) groups is 2. The van der Waals surface area contributed by atoms with Crippen molar-refractivity contribution in [2.24, 2.45) is 28.9 Å². The van der Waals surface area contributed by atoms with E-state index in [4.69, 9.17) is 5.73 Å². The van der Waals surface area contributed by atoms with Crippen LogP contribution in [0.3, 0.4) is 0 Å². The van der Waals surface area contributed by atoms with Gasteiger partial charge in [0.25, 0.3) is 0 Å². The molecule has 2 unspecified atom stereocenters. The van der Waals surface area contributed by atoms with Crippen molar-refractivity contribution in [3.05, 3.63) is 29.8 Å². The lowest BCUT2D eigenvalue weighted by molar-refractivity contribution is -0.149. The van der Waals surface area contributed by atoms with Crippen LogP contribution in [0, 0.1) is 30.1 Å². The van der Waals surface area contributed by atoms with Gasteiger partial charge < -0.3 is 11.1 Å². The highest BCUT2D eigenvalue weighted by atomic mass is 32.2. The Bertz CT molecular complexity index is 1020. The van der Waals surface area contributed by atoms with Crippen molar-refractivity contribution in [2.75, 3.05) is 0 Å². The van der Waals surface area contributed by atoms with E-state index < -0.39 is 21.0 Å². The van der Waals surface area contributed by atoms with Gasteiger partial charge in [0.2, 0.25) is 21.8 Å². The lowest BCUT2D eigenvalue weighted by Gasteiger charge is -2.59. The Kier molecular flexibility index (Phi) is 4.75. The maximum atomic E-state index is 13.4. The van der Waals surface area contributed by atoms with Crippen LogP contribution >= 0.6 is 0 Å². The quantitative estimate of drug-likeness (QED) is 0.620. The second-order valence-corrected chi connectivity index (χ2v) is 12.1. The minimum Gasteiger partial charge on any atom is -0.369 e. The average Bonchev–Trinajstić information content (AvgIpc) is 2.67. The zero-order chi connectivity index (χ0) is 22.0. The molecule has 1 aromatic rings. The Morgan fingerprint density at radius 3 is 2.26 bits per heavy atom. The SMILES string of the molecule is Cc1ccccc1S(=O)(=O)NC1(C(=O)NC2C3CC4CC2CC(C(N)=O)(C4)C3)CCC1. The van der Waals surface area contributed by atoms with E-state index in [0.29, 0.717) is 24.3 Å². The molecule has 0 aliphatic heterocycles. The average molecular weight is 446 g/mol. The predicted molar refractivity (Wildman–Crippen MR) is 115 cm³/mol. The summed E-state index contributed by atoms with van der Waals surface area (Å²) in [5, 5.41) is 3.23. The summed E-state index contributed by atoms with van der Waals surface area (Å²) in [4.78, 5) is 25.8. The fraction of sp³-hybridized carbons (Fsp3) is 0.652. The van der Waals surface area contributed by atoms with Crippen LogP contribution in [0.15, 0.2) is 29.2 Å². The topological polar surface area (TPSA) is 118 Å². The highest BCUT2D eigenvalue weighted by molar-refractivity contribution is 7.89. The van der Waals surface area contributed by atoms with Crippen molar-refractivity contribution in [2.45, 2.75) is 74.8 Å². The number of carbonyl (C=O) groups excluding carboxylic acids is 2. The third-order valence-electron chi connectivity index (χ3n) is 8.45. The van der Waals surface area contributed by atoms with E-state index in [1.807, 2.05) is 0 Å². The van der Waals surface area contributed by atoms with Gasteiger partial charge in [0.15, 0.2) is 0 Å². The molecule has 0 heterocycles. The van der Waals surface area contributed by atoms with Gasteiger partial charge in [-0.15, -0.1) is 0 Å². The van der Waals surface area contributed by atoms with E-state index in [2.05, 4.69) is 10.0 Å². The highest BCUT2D eigenvalue weighted by Crippen LogP contribution is 2.60. The molecule has 8 heteroatoms. The van der Waals surface area contributed by atoms with Crippen molar-refractivity contribution < 1.29 is 18.0 Å². The molecular formula is C23H31N3O4S. The highest BCUT2D eigenvalue weighted by Gasteiger charge is 2.59. The van der Waals surface area contributed by atoms with Gasteiger partial charge in [-0.3, -0.25) is 9.59 Å². The Morgan fingerprint density at radius 2 is 1.71 bits per heavy atom. The summed E-state index contributed by atoms with van der Waals surface area (Å²) < 4.78 is 28.9. The maximum Gasteiger partial charge on any atom is 0.241 e. The predicted octanol–water partition coefficient (Wildman–Crippen LogP) is 1.99. The molecule has 6 rings (SSSR count). The van der Waals surface area contributed by atoms with Crippen LogP contribution in [0.25, 0.3) is 0 Å². The standard InChI is InChI=1S/C23H31N3O4S/c1-14-5-2-3-6-18(14)31(29,30)26-23(7-4-8-23)21(28)25-19-16-9-15-10-17(19)13-22(11-15,12-16)20(24)27/h2-3,5-6,15-17,19,26H,4,7-13H2,1H3,(H2,24,27)(H,25,28).